The highest BCUT2D eigenvalue weighted by molar-refractivity contribution is 6.30. The van der Waals surface area contributed by atoms with Crippen LogP contribution in [0, 0.1) is 0 Å². The van der Waals surface area contributed by atoms with Gasteiger partial charge in [-0.15, -0.1) is 0 Å². The summed E-state index contributed by atoms with van der Waals surface area (Å²) in [6.45, 7) is 8.82. The molecule has 0 aromatic heterocycles. The van der Waals surface area contributed by atoms with E-state index in [-0.39, 0.29) is 5.91 Å². The molecule has 1 aliphatic heterocycles. The number of hydrogen-bond donors (Lipinski definition) is 2. The standard InChI is InChI=1S/C16H25ClN4O/c1-16(2,18)15(22)19-6-7-20-8-10-21(11-9-20)14-5-3-4-13(17)12-14/h3-5,12H,6-11,18H2,1-2H3,(H,19,22). The molecule has 1 fully saturated rings. The normalized spacial score (nSPS) is 16.6. The van der Waals surface area contributed by atoms with Gasteiger partial charge in [0.25, 0.3) is 0 Å². The quantitative estimate of drug-likeness (QED) is 0.857. The molecule has 1 aromatic carbocycles. The molecule has 1 aliphatic rings. The van der Waals surface area contributed by atoms with Crippen LogP contribution in [0.2, 0.25) is 5.02 Å². The fourth-order valence-electron chi connectivity index (χ4n) is 2.46. The van der Waals surface area contributed by atoms with Gasteiger partial charge in [-0.05, 0) is 32.0 Å². The molecule has 2 rings (SSSR count). The van der Waals surface area contributed by atoms with Gasteiger partial charge in [0.15, 0.2) is 0 Å². The number of carbonyl (C=O) groups is 1. The molecule has 0 bridgehead atoms. The van der Waals surface area contributed by atoms with E-state index in [1.54, 1.807) is 13.8 Å². The van der Waals surface area contributed by atoms with Crippen molar-refractivity contribution in [1.82, 2.24) is 10.2 Å². The zero-order chi connectivity index (χ0) is 16.2. The zero-order valence-corrected chi connectivity index (χ0v) is 14.1. The first-order chi connectivity index (χ1) is 10.4. The molecular formula is C16H25ClN4O. The molecule has 22 heavy (non-hydrogen) atoms. The van der Waals surface area contributed by atoms with E-state index < -0.39 is 5.54 Å². The molecule has 3 N–H and O–H groups in total. The largest absolute Gasteiger partial charge is 0.369 e. The predicted octanol–water partition coefficient (Wildman–Crippen LogP) is 1.32. The number of anilines is 1. The highest BCUT2D eigenvalue weighted by Crippen LogP contribution is 2.20. The smallest absolute Gasteiger partial charge is 0.239 e. The van der Waals surface area contributed by atoms with Crippen LogP contribution in [0.5, 0.6) is 0 Å². The number of rotatable bonds is 5. The molecule has 0 radical (unpaired) electrons. The Morgan fingerprint density at radius 2 is 2.00 bits per heavy atom. The SMILES string of the molecule is CC(C)(N)C(=O)NCCN1CCN(c2cccc(Cl)c2)CC1. The van der Waals surface area contributed by atoms with Gasteiger partial charge in [-0.2, -0.15) is 0 Å². The maximum Gasteiger partial charge on any atom is 0.239 e. The lowest BCUT2D eigenvalue weighted by Gasteiger charge is -2.36. The van der Waals surface area contributed by atoms with E-state index in [1.165, 1.54) is 5.69 Å². The van der Waals surface area contributed by atoms with Gasteiger partial charge in [0.2, 0.25) is 5.91 Å². The third-order valence-corrected chi connectivity index (χ3v) is 4.08. The van der Waals surface area contributed by atoms with Crippen molar-refractivity contribution >= 4 is 23.2 Å². The van der Waals surface area contributed by atoms with E-state index in [2.05, 4.69) is 21.2 Å². The second kappa shape index (κ2) is 7.31. The lowest BCUT2D eigenvalue weighted by Crippen LogP contribution is -2.52. The van der Waals surface area contributed by atoms with Crippen molar-refractivity contribution in [3.63, 3.8) is 0 Å². The van der Waals surface area contributed by atoms with Crippen molar-refractivity contribution in [2.45, 2.75) is 19.4 Å². The fourth-order valence-corrected chi connectivity index (χ4v) is 2.64. The van der Waals surface area contributed by atoms with Gasteiger partial charge in [-0.25, -0.2) is 0 Å². The minimum atomic E-state index is -0.814. The van der Waals surface area contributed by atoms with E-state index in [9.17, 15) is 4.79 Å². The molecule has 122 valence electrons. The molecule has 0 aliphatic carbocycles. The minimum absolute atomic E-state index is 0.106. The summed E-state index contributed by atoms with van der Waals surface area (Å²) in [5.41, 5.74) is 6.11. The van der Waals surface area contributed by atoms with Crippen molar-refractivity contribution in [1.29, 1.82) is 0 Å². The topological polar surface area (TPSA) is 61.6 Å². The molecule has 6 heteroatoms. The fraction of sp³-hybridized carbons (Fsp3) is 0.562. The van der Waals surface area contributed by atoms with Crippen molar-refractivity contribution < 1.29 is 4.79 Å². The molecule has 0 spiro atoms. The number of nitrogens with one attached hydrogen (secondary N) is 1. The Labute approximate surface area is 137 Å². The van der Waals surface area contributed by atoms with Crippen LogP contribution in [0.1, 0.15) is 13.8 Å². The predicted molar refractivity (Wildman–Crippen MR) is 91.4 cm³/mol. The number of benzene rings is 1. The Kier molecular flexibility index (Phi) is 5.67. The maximum atomic E-state index is 11.7. The molecule has 1 aromatic rings. The van der Waals surface area contributed by atoms with Crippen LogP contribution in [-0.4, -0.2) is 55.6 Å². The van der Waals surface area contributed by atoms with Gasteiger partial charge in [0, 0.05) is 50.0 Å². The van der Waals surface area contributed by atoms with Crippen LogP contribution in [0.3, 0.4) is 0 Å². The third-order valence-electron chi connectivity index (χ3n) is 3.84. The first-order valence-corrected chi connectivity index (χ1v) is 8.04. The van der Waals surface area contributed by atoms with Gasteiger partial charge in [0.1, 0.15) is 0 Å². The molecule has 1 amide bonds. The van der Waals surface area contributed by atoms with Gasteiger partial charge in [-0.3, -0.25) is 9.69 Å². The molecule has 1 saturated heterocycles. The number of hydrogen-bond acceptors (Lipinski definition) is 4. The van der Waals surface area contributed by atoms with Crippen molar-refractivity contribution in [2.75, 3.05) is 44.2 Å². The van der Waals surface area contributed by atoms with Crippen LogP contribution < -0.4 is 16.0 Å². The average Bonchev–Trinajstić information content (AvgIpc) is 2.47. The Morgan fingerprint density at radius 1 is 1.32 bits per heavy atom. The van der Waals surface area contributed by atoms with E-state index in [0.29, 0.717) is 6.54 Å². The molecular weight excluding hydrogens is 300 g/mol. The molecule has 0 atom stereocenters. The van der Waals surface area contributed by atoms with Crippen LogP contribution in [0.15, 0.2) is 24.3 Å². The Balaban J connectivity index is 1.73. The van der Waals surface area contributed by atoms with E-state index in [0.717, 1.165) is 37.7 Å². The third kappa shape index (κ3) is 4.87. The summed E-state index contributed by atoms with van der Waals surface area (Å²) in [7, 11) is 0. The Bertz CT molecular complexity index is 507. The van der Waals surface area contributed by atoms with E-state index >= 15 is 0 Å². The number of nitrogens with two attached hydrogens (primary N) is 1. The van der Waals surface area contributed by atoms with Gasteiger partial charge in [-0.1, -0.05) is 17.7 Å². The summed E-state index contributed by atoms with van der Waals surface area (Å²) in [5, 5.41) is 3.65. The van der Waals surface area contributed by atoms with E-state index in [1.807, 2.05) is 18.2 Å². The maximum absolute atomic E-state index is 11.7. The zero-order valence-electron chi connectivity index (χ0n) is 13.3. The van der Waals surface area contributed by atoms with Crippen molar-refractivity contribution in [2.24, 2.45) is 5.73 Å². The van der Waals surface area contributed by atoms with Gasteiger partial charge >= 0.3 is 0 Å². The molecule has 0 unspecified atom stereocenters. The first kappa shape index (κ1) is 17.1. The minimum Gasteiger partial charge on any atom is -0.369 e. The summed E-state index contributed by atoms with van der Waals surface area (Å²) < 4.78 is 0. The van der Waals surface area contributed by atoms with Crippen LogP contribution in [0.4, 0.5) is 5.69 Å². The van der Waals surface area contributed by atoms with Crippen LogP contribution >= 0.6 is 11.6 Å². The van der Waals surface area contributed by atoms with Crippen molar-refractivity contribution in [3.05, 3.63) is 29.3 Å². The monoisotopic (exact) mass is 324 g/mol. The first-order valence-electron chi connectivity index (χ1n) is 7.66. The average molecular weight is 325 g/mol. The summed E-state index contributed by atoms with van der Waals surface area (Å²) in [4.78, 5) is 16.4. The number of amides is 1. The summed E-state index contributed by atoms with van der Waals surface area (Å²) >= 11 is 6.04. The highest BCUT2D eigenvalue weighted by atomic mass is 35.5. The van der Waals surface area contributed by atoms with Gasteiger partial charge < -0.3 is 16.0 Å². The Morgan fingerprint density at radius 3 is 2.59 bits per heavy atom. The summed E-state index contributed by atoms with van der Waals surface area (Å²) in [6.07, 6.45) is 0. The summed E-state index contributed by atoms with van der Waals surface area (Å²) in [5.74, 6) is -0.106. The van der Waals surface area contributed by atoms with Crippen molar-refractivity contribution in [3.8, 4) is 0 Å². The Hall–Kier alpha value is -1.30. The van der Waals surface area contributed by atoms with Crippen LogP contribution in [-0.2, 0) is 4.79 Å². The van der Waals surface area contributed by atoms with Crippen LogP contribution in [0.25, 0.3) is 0 Å². The number of carbonyl (C=O) groups excluding carboxylic acids is 1. The molecule has 5 nitrogen and oxygen atoms in total. The molecule has 0 saturated carbocycles. The second-order valence-corrected chi connectivity index (χ2v) is 6.72. The number of nitrogens with zero attached hydrogens (tertiary/aromatic N) is 2. The number of piperazine rings is 1. The summed E-state index contributed by atoms with van der Waals surface area (Å²) in [6, 6.07) is 7.96. The second-order valence-electron chi connectivity index (χ2n) is 6.29. The molecule has 1 heterocycles. The van der Waals surface area contributed by atoms with Gasteiger partial charge in [0.05, 0.1) is 5.54 Å². The number of halogens is 1. The lowest BCUT2D eigenvalue weighted by molar-refractivity contribution is -0.125. The highest BCUT2D eigenvalue weighted by Gasteiger charge is 2.22. The lowest BCUT2D eigenvalue weighted by atomic mass is 10.1. The van der Waals surface area contributed by atoms with E-state index in [4.69, 9.17) is 17.3 Å².